The van der Waals surface area contributed by atoms with Gasteiger partial charge >= 0.3 is 0 Å². The van der Waals surface area contributed by atoms with Crippen LogP contribution >= 0.6 is 0 Å². The first-order valence-corrected chi connectivity index (χ1v) is 9.91. The van der Waals surface area contributed by atoms with Crippen molar-refractivity contribution < 1.29 is 8.42 Å². The van der Waals surface area contributed by atoms with Crippen LogP contribution in [0.4, 0.5) is 5.82 Å². The molecule has 0 spiro atoms. The highest BCUT2D eigenvalue weighted by Gasteiger charge is 2.17. The summed E-state index contributed by atoms with van der Waals surface area (Å²) in [6.45, 7) is 5.45. The van der Waals surface area contributed by atoms with Crippen LogP contribution < -0.4 is 4.72 Å². The van der Waals surface area contributed by atoms with Gasteiger partial charge in [0.2, 0.25) is 10.0 Å². The molecule has 0 saturated carbocycles. The Hall–Kier alpha value is -2.74. The number of hydrogen-bond acceptors (Lipinski definition) is 5. The first-order chi connectivity index (χ1) is 12.3. The van der Waals surface area contributed by atoms with Gasteiger partial charge < -0.3 is 0 Å². The Morgan fingerprint density at radius 3 is 2.42 bits per heavy atom. The summed E-state index contributed by atoms with van der Waals surface area (Å²) in [6.07, 6.45) is 0.439. The molecular formula is C18H21N5O2S. The Labute approximate surface area is 153 Å². The zero-order valence-corrected chi connectivity index (χ0v) is 15.8. The molecule has 7 nitrogen and oxygen atoms in total. The van der Waals surface area contributed by atoms with Crippen molar-refractivity contribution in [3.05, 3.63) is 65.2 Å². The van der Waals surface area contributed by atoms with Crippen molar-refractivity contribution in [1.29, 1.82) is 0 Å². The van der Waals surface area contributed by atoms with Gasteiger partial charge in [-0.2, -0.15) is 9.78 Å². The number of nitrogens with one attached hydrogen (secondary N) is 1. The molecule has 2 heterocycles. The van der Waals surface area contributed by atoms with Crippen LogP contribution in [0.2, 0.25) is 0 Å². The first-order valence-electron chi connectivity index (χ1n) is 8.26. The average molecular weight is 371 g/mol. The average Bonchev–Trinajstić information content (AvgIpc) is 2.93. The van der Waals surface area contributed by atoms with Crippen LogP contribution in [0.5, 0.6) is 0 Å². The highest BCUT2D eigenvalue weighted by molar-refractivity contribution is 7.92. The van der Waals surface area contributed by atoms with E-state index in [9.17, 15) is 8.42 Å². The molecule has 0 atom stereocenters. The molecule has 0 aliphatic heterocycles. The van der Waals surface area contributed by atoms with Crippen molar-refractivity contribution in [2.24, 2.45) is 0 Å². The van der Waals surface area contributed by atoms with Gasteiger partial charge in [0, 0.05) is 17.8 Å². The first kappa shape index (κ1) is 18.1. The second-order valence-electron chi connectivity index (χ2n) is 6.15. The van der Waals surface area contributed by atoms with E-state index in [0.29, 0.717) is 29.6 Å². The van der Waals surface area contributed by atoms with E-state index in [-0.39, 0.29) is 5.75 Å². The summed E-state index contributed by atoms with van der Waals surface area (Å²) >= 11 is 0. The molecule has 136 valence electrons. The Bertz CT molecular complexity index is 993. The Kier molecular flexibility index (Phi) is 5.03. The molecule has 3 rings (SSSR count). The Balaban J connectivity index is 1.83. The molecule has 0 saturated heterocycles. The van der Waals surface area contributed by atoms with Gasteiger partial charge in [-0.05, 0) is 32.8 Å². The van der Waals surface area contributed by atoms with E-state index < -0.39 is 10.0 Å². The molecule has 0 aliphatic carbocycles. The van der Waals surface area contributed by atoms with Gasteiger partial charge in [-0.1, -0.05) is 30.3 Å². The minimum absolute atomic E-state index is 0.0108. The highest BCUT2D eigenvalue weighted by Crippen LogP contribution is 2.18. The Morgan fingerprint density at radius 2 is 1.73 bits per heavy atom. The predicted octanol–water partition coefficient (Wildman–Crippen LogP) is 2.57. The second-order valence-corrected chi connectivity index (χ2v) is 8.00. The van der Waals surface area contributed by atoms with Crippen molar-refractivity contribution >= 4 is 15.8 Å². The monoisotopic (exact) mass is 371 g/mol. The third-order valence-electron chi connectivity index (χ3n) is 3.76. The Morgan fingerprint density at radius 1 is 1.00 bits per heavy atom. The number of hydrogen-bond donors (Lipinski definition) is 1. The molecule has 0 amide bonds. The molecule has 0 fully saturated rings. The van der Waals surface area contributed by atoms with Gasteiger partial charge in [0.25, 0.3) is 0 Å². The molecule has 0 aliphatic rings. The van der Waals surface area contributed by atoms with Gasteiger partial charge in [0.1, 0.15) is 11.6 Å². The fourth-order valence-electron chi connectivity index (χ4n) is 2.66. The molecular weight excluding hydrogens is 350 g/mol. The lowest BCUT2D eigenvalue weighted by Gasteiger charge is -2.11. The van der Waals surface area contributed by atoms with E-state index in [1.807, 2.05) is 37.3 Å². The van der Waals surface area contributed by atoms with E-state index in [0.717, 1.165) is 11.3 Å². The lowest BCUT2D eigenvalue weighted by Crippen LogP contribution is -2.20. The maximum Gasteiger partial charge on any atom is 0.234 e. The fraction of sp³-hybridized carbons (Fsp3) is 0.278. The maximum absolute atomic E-state index is 12.5. The van der Waals surface area contributed by atoms with Crippen LogP contribution in [0.1, 0.15) is 22.8 Å². The minimum Gasteiger partial charge on any atom is -0.267 e. The number of sulfonamides is 1. The number of rotatable bonds is 6. The van der Waals surface area contributed by atoms with Gasteiger partial charge in [0.15, 0.2) is 5.82 Å². The molecule has 0 unspecified atom stereocenters. The molecule has 0 bridgehead atoms. The summed E-state index contributed by atoms with van der Waals surface area (Å²) in [5.41, 5.74) is 2.46. The van der Waals surface area contributed by atoms with E-state index in [4.69, 9.17) is 0 Å². The second kappa shape index (κ2) is 7.25. The standard InChI is InChI=1S/C18H21N5O2S/c1-13-11-17(20-15(3)19-13)23-18(12-14(2)21-23)22-26(24,25)10-9-16-7-5-4-6-8-16/h4-8,11-12,22H,9-10H2,1-3H3. The summed E-state index contributed by atoms with van der Waals surface area (Å²) in [4.78, 5) is 8.60. The zero-order chi connectivity index (χ0) is 18.7. The van der Waals surface area contributed by atoms with Gasteiger partial charge in [0.05, 0.1) is 11.4 Å². The summed E-state index contributed by atoms with van der Waals surface area (Å²) in [5.74, 6) is 1.49. The van der Waals surface area contributed by atoms with Gasteiger partial charge in [-0.25, -0.2) is 18.4 Å². The smallest absolute Gasteiger partial charge is 0.234 e. The van der Waals surface area contributed by atoms with E-state index in [2.05, 4.69) is 19.8 Å². The number of nitrogens with zero attached hydrogens (tertiary/aromatic N) is 4. The van der Waals surface area contributed by atoms with Crippen LogP contribution in [0.3, 0.4) is 0 Å². The van der Waals surface area contributed by atoms with Crippen LogP contribution in [0.25, 0.3) is 5.82 Å². The van der Waals surface area contributed by atoms with Crippen molar-refractivity contribution in [2.45, 2.75) is 27.2 Å². The van der Waals surface area contributed by atoms with Crippen molar-refractivity contribution in [3.63, 3.8) is 0 Å². The number of anilines is 1. The minimum atomic E-state index is -3.52. The summed E-state index contributed by atoms with van der Waals surface area (Å²) in [5, 5.41) is 4.37. The number of benzene rings is 1. The quantitative estimate of drug-likeness (QED) is 0.719. The molecule has 0 radical (unpaired) electrons. The van der Waals surface area contributed by atoms with Crippen molar-refractivity contribution in [2.75, 3.05) is 10.5 Å². The third kappa shape index (κ3) is 4.45. The lowest BCUT2D eigenvalue weighted by molar-refractivity contribution is 0.600. The zero-order valence-electron chi connectivity index (χ0n) is 15.0. The number of aryl methyl sites for hydroxylation is 4. The SMILES string of the molecule is Cc1cc(-n2nc(C)cc2NS(=O)(=O)CCc2ccccc2)nc(C)n1. The molecule has 1 aromatic carbocycles. The third-order valence-corrected chi connectivity index (χ3v) is 5.03. The van der Waals surface area contributed by atoms with Crippen LogP contribution in [-0.2, 0) is 16.4 Å². The molecule has 26 heavy (non-hydrogen) atoms. The van der Waals surface area contributed by atoms with Crippen molar-refractivity contribution in [3.8, 4) is 5.82 Å². The topological polar surface area (TPSA) is 89.8 Å². The summed E-state index contributed by atoms with van der Waals surface area (Å²) < 4.78 is 29.2. The normalized spacial score (nSPS) is 11.5. The fourth-order valence-corrected chi connectivity index (χ4v) is 3.73. The number of aromatic nitrogens is 4. The molecule has 3 aromatic rings. The highest BCUT2D eigenvalue weighted by atomic mass is 32.2. The summed E-state index contributed by atoms with van der Waals surface area (Å²) in [6, 6.07) is 13.0. The van der Waals surface area contributed by atoms with Crippen LogP contribution in [-0.4, -0.2) is 33.9 Å². The molecule has 8 heteroatoms. The molecule has 1 N–H and O–H groups in total. The van der Waals surface area contributed by atoms with E-state index >= 15 is 0 Å². The van der Waals surface area contributed by atoms with E-state index in [1.54, 1.807) is 26.0 Å². The summed E-state index contributed by atoms with van der Waals surface area (Å²) in [7, 11) is -3.52. The van der Waals surface area contributed by atoms with Crippen LogP contribution in [0, 0.1) is 20.8 Å². The predicted molar refractivity (Wildman–Crippen MR) is 101 cm³/mol. The molecule has 2 aromatic heterocycles. The lowest BCUT2D eigenvalue weighted by atomic mass is 10.2. The van der Waals surface area contributed by atoms with Gasteiger partial charge in [-0.15, -0.1) is 0 Å². The van der Waals surface area contributed by atoms with Crippen LogP contribution in [0.15, 0.2) is 42.5 Å². The van der Waals surface area contributed by atoms with Crippen molar-refractivity contribution in [1.82, 2.24) is 19.7 Å². The largest absolute Gasteiger partial charge is 0.267 e. The van der Waals surface area contributed by atoms with Gasteiger partial charge in [-0.3, -0.25) is 4.72 Å². The maximum atomic E-state index is 12.5. The van der Waals surface area contributed by atoms with E-state index in [1.165, 1.54) is 4.68 Å².